The van der Waals surface area contributed by atoms with Crippen molar-refractivity contribution in [3.8, 4) is 0 Å². The largest absolute Gasteiger partial charge is 0.392 e. The first-order chi connectivity index (χ1) is 10.7. The maximum atomic E-state index is 11.3. The van der Waals surface area contributed by atoms with E-state index in [0.717, 1.165) is 37.7 Å². The highest BCUT2D eigenvalue weighted by Crippen LogP contribution is 2.56. The van der Waals surface area contributed by atoms with E-state index in [4.69, 9.17) is 0 Å². The van der Waals surface area contributed by atoms with E-state index in [0.29, 0.717) is 6.42 Å². The molecule has 0 spiro atoms. The van der Waals surface area contributed by atoms with Crippen LogP contribution in [0.15, 0.2) is 23.3 Å². The van der Waals surface area contributed by atoms with E-state index in [1.165, 1.54) is 5.57 Å². The minimum Gasteiger partial charge on any atom is -0.392 e. The Hall–Kier alpha value is -0.640. The van der Waals surface area contributed by atoms with Gasteiger partial charge in [0.2, 0.25) is 0 Å². The average molecular weight is 322 g/mol. The Kier molecular flexibility index (Phi) is 5.76. The van der Waals surface area contributed by atoms with Gasteiger partial charge in [-0.3, -0.25) is 0 Å². The van der Waals surface area contributed by atoms with Gasteiger partial charge in [0.15, 0.2) is 0 Å². The number of fused-ring (bicyclic) bond motifs is 1. The number of allylic oxidation sites excluding steroid dienone is 2. The van der Waals surface area contributed by atoms with Gasteiger partial charge < -0.3 is 15.3 Å². The fourth-order valence-corrected chi connectivity index (χ4v) is 4.67. The van der Waals surface area contributed by atoms with Gasteiger partial charge in [-0.15, -0.1) is 0 Å². The molecule has 132 valence electrons. The van der Waals surface area contributed by atoms with Crippen LogP contribution < -0.4 is 0 Å². The summed E-state index contributed by atoms with van der Waals surface area (Å²) >= 11 is 0. The summed E-state index contributed by atoms with van der Waals surface area (Å²) in [5.74, 6) is 0.500. The van der Waals surface area contributed by atoms with Crippen LogP contribution in [0.1, 0.15) is 66.2 Å². The molecule has 2 rings (SSSR count). The molecular formula is C20H34O3. The summed E-state index contributed by atoms with van der Waals surface area (Å²) in [5, 5.41) is 31.1. The molecule has 3 heteroatoms. The lowest BCUT2D eigenvalue weighted by Gasteiger charge is -2.41. The van der Waals surface area contributed by atoms with Gasteiger partial charge in [0.05, 0.1) is 18.3 Å². The highest BCUT2D eigenvalue weighted by atomic mass is 16.3. The van der Waals surface area contributed by atoms with Crippen molar-refractivity contribution in [2.24, 2.45) is 17.3 Å². The van der Waals surface area contributed by atoms with Crippen LogP contribution in [0, 0.1) is 17.3 Å². The standard InChI is InChI=1S/C20H34O3/c1-14(2)20(23)10-9-19(4)8-7-16(13-21)12-17(22)11-15(3)5-6-18(19)20/h7,11,14,17-18,21-23H,5-6,8-10,12-13H2,1-4H3. The molecule has 3 N–H and O–H groups in total. The summed E-state index contributed by atoms with van der Waals surface area (Å²) < 4.78 is 0. The van der Waals surface area contributed by atoms with Crippen molar-refractivity contribution < 1.29 is 15.3 Å². The van der Waals surface area contributed by atoms with Crippen LogP contribution in [0.25, 0.3) is 0 Å². The molecule has 2 aliphatic rings. The zero-order valence-corrected chi connectivity index (χ0v) is 15.2. The molecule has 0 aromatic carbocycles. The van der Waals surface area contributed by atoms with Gasteiger partial charge in [-0.2, -0.15) is 0 Å². The summed E-state index contributed by atoms with van der Waals surface area (Å²) in [7, 11) is 0. The maximum Gasteiger partial charge on any atom is 0.0761 e. The van der Waals surface area contributed by atoms with Crippen molar-refractivity contribution in [3.05, 3.63) is 23.3 Å². The smallest absolute Gasteiger partial charge is 0.0761 e. The summed E-state index contributed by atoms with van der Waals surface area (Å²) in [6, 6.07) is 0. The van der Waals surface area contributed by atoms with Crippen LogP contribution in [0.4, 0.5) is 0 Å². The van der Waals surface area contributed by atoms with Crippen LogP contribution in [-0.4, -0.2) is 33.6 Å². The second kappa shape index (κ2) is 7.08. The quantitative estimate of drug-likeness (QED) is 0.681. The molecule has 0 saturated heterocycles. The van der Waals surface area contributed by atoms with Crippen LogP contribution >= 0.6 is 0 Å². The molecule has 0 aromatic rings. The monoisotopic (exact) mass is 322 g/mol. The molecule has 4 atom stereocenters. The predicted molar refractivity (Wildman–Crippen MR) is 94.0 cm³/mol. The van der Waals surface area contributed by atoms with Crippen LogP contribution in [0.3, 0.4) is 0 Å². The van der Waals surface area contributed by atoms with Gasteiger partial charge in [0.1, 0.15) is 0 Å². The first-order valence-corrected chi connectivity index (χ1v) is 9.08. The molecule has 0 amide bonds. The minimum absolute atomic E-state index is 0.000850. The normalized spacial score (nSPS) is 39.5. The first-order valence-electron chi connectivity index (χ1n) is 9.08. The number of hydrogen-bond acceptors (Lipinski definition) is 3. The first kappa shape index (κ1) is 18.7. The second-order valence-corrected chi connectivity index (χ2v) is 8.40. The second-order valence-electron chi connectivity index (χ2n) is 8.40. The summed E-state index contributed by atoms with van der Waals surface area (Å²) in [5.41, 5.74) is 1.55. The Balaban J connectivity index is 2.37. The molecule has 1 saturated carbocycles. The van der Waals surface area contributed by atoms with Gasteiger partial charge in [0, 0.05) is 6.42 Å². The van der Waals surface area contributed by atoms with Gasteiger partial charge in [-0.25, -0.2) is 0 Å². The molecule has 0 bridgehead atoms. The van der Waals surface area contributed by atoms with Gasteiger partial charge in [-0.05, 0) is 61.9 Å². The van der Waals surface area contributed by atoms with Gasteiger partial charge >= 0.3 is 0 Å². The zero-order valence-electron chi connectivity index (χ0n) is 15.2. The average Bonchev–Trinajstić information content (AvgIpc) is 2.73. The predicted octanol–water partition coefficient (Wildman–Crippen LogP) is 3.59. The summed E-state index contributed by atoms with van der Waals surface area (Å²) in [4.78, 5) is 0. The van der Waals surface area contributed by atoms with Crippen LogP contribution in [0.5, 0.6) is 0 Å². The van der Waals surface area contributed by atoms with Crippen molar-refractivity contribution in [1.29, 1.82) is 0 Å². The molecular weight excluding hydrogens is 288 g/mol. The lowest BCUT2D eigenvalue weighted by Crippen LogP contribution is -2.43. The topological polar surface area (TPSA) is 60.7 Å². The Bertz CT molecular complexity index is 479. The molecule has 4 unspecified atom stereocenters. The number of aliphatic hydroxyl groups excluding tert-OH is 2. The van der Waals surface area contributed by atoms with Crippen molar-refractivity contribution >= 4 is 0 Å². The van der Waals surface area contributed by atoms with E-state index < -0.39 is 11.7 Å². The van der Waals surface area contributed by atoms with E-state index in [9.17, 15) is 15.3 Å². The minimum atomic E-state index is -0.602. The van der Waals surface area contributed by atoms with Crippen molar-refractivity contribution in [2.45, 2.75) is 77.9 Å². The molecule has 0 radical (unpaired) electrons. The Labute approximate surface area is 141 Å². The molecule has 23 heavy (non-hydrogen) atoms. The number of aliphatic hydroxyl groups is 3. The number of rotatable bonds is 2. The van der Waals surface area contributed by atoms with E-state index in [1.54, 1.807) is 0 Å². The van der Waals surface area contributed by atoms with E-state index in [-0.39, 0.29) is 23.9 Å². The molecule has 0 heterocycles. The third kappa shape index (κ3) is 3.89. The Morgan fingerprint density at radius 3 is 2.61 bits per heavy atom. The van der Waals surface area contributed by atoms with E-state index in [1.807, 2.05) is 6.08 Å². The zero-order chi connectivity index (χ0) is 17.3. The third-order valence-electron chi connectivity index (χ3n) is 6.38. The molecule has 2 aliphatic carbocycles. The maximum absolute atomic E-state index is 11.3. The van der Waals surface area contributed by atoms with Gasteiger partial charge in [-0.1, -0.05) is 38.5 Å². The lowest BCUT2D eigenvalue weighted by molar-refractivity contribution is -0.0641. The lowest BCUT2D eigenvalue weighted by atomic mass is 9.67. The van der Waals surface area contributed by atoms with E-state index >= 15 is 0 Å². The SMILES string of the molecule is CC1=CC(O)CC(CO)=CCC2(C)CCC(O)(C(C)C)C2CC1. The van der Waals surface area contributed by atoms with Crippen molar-refractivity contribution in [2.75, 3.05) is 6.61 Å². The van der Waals surface area contributed by atoms with E-state index in [2.05, 4.69) is 33.8 Å². The number of hydrogen-bond donors (Lipinski definition) is 3. The molecule has 1 fully saturated rings. The van der Waals surface area contributed by atoms with Gasteiger partial charge in [0.25, 0.3) is 0 Å². The fourth-order valence-electron chi connectivity index (χ4n) is 4.67. The third-order valence-corrected chi connectivity index (χ3v) is 6.38. The van der Waals surface area contributed by atoms with Crippen molar-refractivity contribution in [3.63, 3.8) is 0 Å². The summed E-state index contributed by atoms with van der Waals surface area (Å²) in [6.07, 6.45) is 8.63. The van der Waals surface area contributed by atoms with Crippen molar-refractivity contribution in [1.82, 2.24) is 0 Å². The molecule has 3 nitrogen and oxygen atoms in total. The Morgan fingerprint density at radius 1 is 1.30 bits per heavy atom. The van der Waals surface area contributed by atoms with Crippen LogP contribution in [-0.2, 0) is 0 Å². The highest BCUT2D eigenvalue weighted by Gasteiger charge is 2.54. The summed E-state index contributed by atoms with van der Waals surface area (Å²) in [6.45, 7) is 8.59. The Morgan fingerprint density at radius 2 is 2.00 bits per heavy atom. The highest BCUT2D eigenvalue weighted by molar-refractivity contribution is 5.15. The fraction of sp³-hybridized carbons (Fsp3) is 0.800. The van der Waals surface area contributed by atoms with Crippen LogP contribution in [0.2, 0.25) is 0 Å². The molecule has 0 aromatic heterocycles. The molecule has 0 aliphatic heterocycles.